The summed E-state index contributed by atoms with van der Waals surface area (Å²) in [6, 6.07) is 0.0817. The van der Waals surface area contributed by atoms with Crippen LogP contribution in [0.4, 0.5) is 0 Å². The van der Waals surface area contributed by atoms with Gasteiger partial charge in [-0.05, 0) is 103 Å². The number of aliphatic hydroxyl groups is 3. The first kappa shape index (κ1) is 73.0. The summed E-state index contributed by atoms with van der Waals surface area (Å²) in [6.07, 6.45) is -1.03. The first-order chi connectivity index (χ1) is 39.4. The second-order valence-corrected chi connectivity index (χ2v) is 22.3. The van der Waals surface area contributed by atoms with Crippen LogP contribution in [0.3, 0.4) is 0 Å². The molecule has 0 aliphatic carbocycles. The quantitative estimate of drug-likeness (QED) is 0.0391. The number of carbonyl (C=O) groups excluding carboxylic acids is 11. The van der Waals surface area contributed by atoms with Crippen LogP contribution in [0.25, 0.3) is 0 Å². The molecule has 1 aromatic rings. The highest BCUT2D eigenvalue weighted by atomic mass is 16.3. The molecule has 18 N–H and O–H groups in total. The van der Waals surface area contributed by atoms with Crippen molar-refractivity contribution < 1.29 is 68.1 Å². The number of ketones is 4. The number of hydrogen-bond donors (Lipinski definition) is 14. The average molecular weight is 1170 g/mol. The monoisotopic (exact) mass is 1170 g/mol. The van der Waals surface area contributed by atoms with Crippen molar-refractivity contribution in [2.24, 2.45) is 52.5 Å². The summed E-state index contributed by atoms with van der Waals surface area (Å²) < 4.78 is 0. The lowest BCUT2D eigenvalue weighted by atomic mass is 9.89. The molecule has 12 atom stereocenters. The number of Topliss-reactive ketones (excluding diaryl/α,β-unsaturated/α-hetero) is 4. The Bertz CT molecular complexity index is 2250. The van der Waals surface area contributed by atoms with Crippen molar-refractivity contribution in [2.75, 3.05) is 39.3 Å². The molecule has 0 spiro atoms. The summed E-state index contributed by atoms with van der Waals surface area (Å²) in [5.74, 6) is -13.3. The molecule has 25 heteroatoms. The molecule has 1 heterocycles. The maximum Gasteiger partial charge on any atom is 0.245 e. The Labute approximate surface area is 488 Å². The van der Waals surface area contributed by atoms with Gasteiger partial charge in [0.1, 0.15) is 30.0 Å². The van der Waals surface area contributed by atoms with Gasteiger partial charge >= 0.3 is 0 Å². The first-order valence-corrected chi connectivity index (χ1v) is 29.5. The third-order valence-corrected chi connectivity index (χ3v) is 14.7. The molecule has 468 valence electrons. The van der Waals surface area contributed by atoms with Gasteiger partial charge in [0.15, 0.2) is 17.3 Å². The Morgan fingerprint density at radius 2 is 1.23 bits per heavy atom. The van der Waals surface area contributed by atoms with Crippen LogP contribution >= 0.6 is 0 Å². The lowest BCUT2D eigenvalue weighted by Crippen LogP contribution is -2.56. The molecule has 1 saturated heterocycles. The van der Waals surface area contributed by atoms with E-state index in [2.05, 4.69) is 44.1 Å². The number of rotatable bonds is 30. The predicted octanol–water partition coefficient (Wildman–Crippen LogP) is -1.48. The van der Waals surface area contributed by atoms with Gasteiger partial charge < -0.3 is 75.5 Å². The zero-order valence-electron chi connectivity index (χ0n) is 49.3. The predicted molar refractivity (Wildman–Crippen MR) is 310 cm³/mol. The highest BCUT2D eigenvalue weighted by Gasteiger charge is 2.38. The van der Waals surface area contributed by atoms with Crippen LogP contribution in [0, 0.1) is 29.6 Å². The summed E-state index contributed by atoms with van der Waals surface area (Å²) >= 11 is 0. The number of nitrogens with two attached hydrogens (primary N) is 4. The number of nitrogens with one attached hydrogen (secondary N) is 7. The second-order valence-electron chi connectivity index (χ2n) is 22.3. The van der Waals surface area contributed by atoms with Crippen molar-refractivity contribution in [2.45, 2.75) is 192 Å². The van der Waals surface area contributed by atoms with Crippen molar-refractivity contribution in [1.29, 1.82) is 0 Å². The van der Waals surface area contributed by atoms with E-state index in [1.165, 1.54) is 13.8 Å². The number of hydrogen-bond acceptors (Lipinski definition) is 18. The van der Waals surface area contributed by atoms with E-state index >= 15 is 0 Å². The molecular formula is C58H97N11O14. The standard InChI is InChI=1S/C58H97N11O14/c1-6-7-8-9-13-16-42(73)29-41(33-70)55(80)68-50(35(4)71)49(76)31-39(18-23-60)52(77)66-45-21-26-63-58(83)51(36(5)72)69-53(78)38(17-22-59)30-47(74)43(19-24-61)65-57(82)46(27-34(2)3)67-54(79)40(28-37-14-11-10-12-15-37)32-48(75)44(20-25-62)64-56(45)81/h10-12,14-15,34-36,38-41,43-46,50-51,70-72H,6-9,13,16-33,59-62H2,1-5H3,(H,63,83)(H,64,81)(H,65,82)(H,66,77)(H,67,79)(H,68,80)(H,69,78)/t35-,36-,38-,39-,40+,41+,43+,44+,45+,46+,50+,51+/m1/s1. The SMILES string of the molecule is CCCCCCCC(=O)C[C@@H](CO)C(=O)N[C@H](C(=O)C[C@@H](CCN)C(=O)N[C@H]1CCNC(=O)[C@H]([C@@H](C)O)NC(=O)[C@H](CCN)CC(=O)[C@H](CCN)NC(=O)[C@H](CC(C)C)NC(=O)[C@@H](Cc2ccccc2)CC(=O)[C@H](CCN)NC1=O)[C@@H](C)O. The Kier molecular flexibility index (Phi) is 34.7. The Balaban J connectivity index is 2.67. The smallest absolute Gasteiger partial charge is 0.245 e. The molecule has 1 aromatic carbocycles. The molecule has 1 aliphatic heterocycles. The summed E-state index contributed by atoms with van der Waals surface area (Å²) in [6.45, 7) is 6.57. The number of unbranched alkanes of at least 4 members (excludes halogenated alkanes) is 4. The van der Waals surface area contributed by atoms with E-state index in [1.807, 2.05) is 13.8 Å². The van der Waals surface area contributed by atoms with Gasteiger partial charge in [-0.2, -0.15) is 0 Å². The van der Waals surface area contributed by atoms with Crippen LogP contribution in [0.2, 0.25) is 0 Å². The van der Waals surface area contributed by atoms with E-state index in [0.717, 1.165) is 25.7 Å². The van der Waals surface area contributed by atoms with Crippen LogP contribution < -0.4 is 60.2 Å². The van der Waals surface area contributed by atoms with Crippen molar-refractivity contribution in [3.63, 3.8) is 0 Å². The second kappa shape index (κ2) is 39.5. The summed E-state index contributed by atoms with van der Waals surface area (Å²) in [5.41, 5.74) is 24.3. The van der Waals surface area contributed by atoms with Gasteiger partial charge in [-0.1, -0.05) is 76.8 Å². The fourth-order valence-corrected chi connectivity index (χ4v) is 9.82. The molecule has 0 bridgehead atoms. The lowest BCUT2D eigenvalue weighted by Gasteiger charge is -2.28. The van der Waals surface area contributed by atoms with Crippen molar-refractivity contribution in [3.8, 4) is 0 Å². The average Bonchev–Trinajstić information content (AvgIpc) is 3.59. The van der Waals surface area contributed by atoms with Gasteiger partial charge in [0.05, 0.1) is 36.8 Å². The zero-order valence-corrected chi connectivity index (χ0v) is 49.3. The van der Waals surface area contributed by atoms with Crippen LogP contribution in [0.5, 0.6) is 0 Å². The third kappa shape index (κ3) is 26.6. The molecule has 7 amide bonds. The first-order valence-electron chi connectivity index (χ1n) is 29.5. The van der Waals surface area contributed by atoms with Crippen LogP contribution in [0.1, 0.15) is 143 Å². The minimum absolute atomic E-state index is 0.00419. The number of amides is 7. The van der Waals surface area contributed by atoms with Gasteiger partial charge in [-0.25, -0.2) is 0 Å². The molecular weight excluding hydrogens is 1070 g/mol. The summed E-state index contributed by atoms with van der Waals surface area (Å²) in [7, 11) is 0. The number of aliphatic hydroxyl groups excluding tert-OH is 3. The molecule has 1 aliphatic rings. The summed E-state index contributed by atoms with van der Waals surface area (Å²) in [5, 5.41) is 49.8. The van der Waals surface area contributed by atoms with E-state index in [-0.39, 0.29) is 89.2 Å². The molecule has 83 heavy (non-hydrogen) atoms. The minimum Gasteiger partial charge on any atom is -0.396 e. The largest absolute Gasteiger partial charge is 0.396 e. The molecule has 1 fully saturated rings. The molecule has 25 nitrogen and oxygen atoms in total. The van der Waals surface area contributed by atoms with E-state index in [9.17, 15) is 68.1 Å². The molecule has 0 unspecified atom stereocenters. The Morgan fingerprint density at radius 1 is 0.651 bits per heavy atom. The Hall–Kier alpha value is -6.09. The van der Waals surface area contributed by atoms with Crippen molar-refractivity contribution in [1.82, 2.24) is 37.2 Å². The highest BCUT2D eigenvalue weighted by molar-refractivity contribution is 5.99. The number of carbonyl (C=O) groups is 11. The fraction of sp³-hybridized carbons (Fsp3) is 0.707. The Morgan fingerprint density at radius 3 is 1.78 bits per heavy atom. The van der Waals surface area contributed by atoms with Gasteiger partial charge in [0.25, 0.3) is 0 Å². The topological polar surface area (TPSA) is 437 Å². The summed E-state index contributed by atoms with van der Waals surface area (Å²) in [4.78, 5) is 154. The maximum atomic E-state index is 14.5. The molecule has 2 rings (SSSR count). The van der Waals surface area contributed by atoms with Crippen molar-refractivity contribution >= 4 is 64.5 Å². The van der Waals surface area contributed by atoms with Crippen LogP contribution in [0.15, 0.2) is 30.3 Å². The lowest BCUT2D eigenvalue weighted by molar-refractivity contribution is -0.137. The normalized spacial score (nSPS) is 23.0. The van der Waals surface area contributed by atoms with E-state index < -0.39 is 170 Å². The van der Waals surface area contributed by atoms with E-state index in [4.69, 9.17) is 22.9 Å². The molecule has 0 aromatic heterocycles. The number of benzene rings is 1. The van der Waals surface area contributed by atoms with Gasteiger partial charge in [-0.3, -0.25) is 52.7 Å². The van der Waals surface area contributed by atoms with Gasteiger partial charge in [-0.15, -0.1) is 0 Å². The minimum atomic E-state index is -1.63. The van der Waals surface area contributed by atoms with Gasteiger partial charge in [0, 0.05) is 56.4 Å². The van der Waals surface area contributed by atoms with Crippen molar-refractivity contribution in [3.05, 3.63) is 35.9 Å². The maximum absolute atomic E-state index is 14.5. The molecule has 0 saturated carbocycles. The van der Waals surface area contributed by atoms with E-state index in [1.54, 1.807) is 30.3 Å². The van der Waals surface area contributed by atoms with Crippen LogP contribution in [-0.2, 0) is 59.2 Å². The zero-order chi connectivity index (χ0) is 62.2. The highest BCUT2D eigenvalue weighted by Crippen LogP contribution is 2.20. The van der Waals surface area contributed by atoms with Gasteiger partial charge in [0.2, 0.25) is 41.4 Å². The fourth-order valence-electron chi connectivity index (χ4n) is 9.82. The third-order valence-electron chi connectivity index (χ3n) is 14.7. The van der Waals surface area contributed by atoms with E-state index in [0.29, 0.717) is 12.0 Å². The molecule has 0 radical (unpaired) electrons. The van der Waals surface area contributed by atoms with Crippen LogP contribution in [-0.4, -0.2) is 168 Å².